The number of benzene rings is 1. The summed E-state index contributed by atoms with van der Waals surface area (Å²) in [5, 5.41) is 1.16. The van der Waals surface area contributed by atoms with Gasteiger partial charge < -0.3 is 9.64 Å². The number of hydrogen-bond donors (Lipinski definition) is 0. The molecule has 23 heavy (non-hydrogen) atoms. The van der Waals surface area contributed by atoms with Crippen molar-refractivity contribution >= 4 is 16.7 Å². The molecule has 3 heterocycles. The van der Waals surface area contributed by atoms with Crippen molar-refractivity contribution in [3.8, 4) is 0 Å². The first-order chi connectivity index (χ1) is 11.4. The molecule has 1 atom stereocenters. The van der Waals surface area contributed by atoms with E-state index in [1.807, 2.05) is 6.07 Å². The number of aromatic nitrogens is 2. The van der Waals surface area contributed by atoms with Gasteiger partial charge in [-0.05, 0) is 30.9 Å². The van der Waals surface area contributed by atoms with E-state index >= 15 is 0 Å². The predicted octanol–water partition coefficient (Wildman–Crippen LogP) is 2.18. The van der Waals surface area contributed by atoms with Gasteiger partial charge >= 0.3 is 0 Å². The average molecular weight is 312 g/mol. The Morgan fingerprint density at radius 1 is 1.09 bits per heavy atom. The summed E-state index contributed by atoms with van der Waals surface area (Å²) < 4.78 is 5.61. The van der Waals surface area contributed by atoms with E-state index in [4.69, 9.17) is 4.74 Å². The van der Waals surface area contributed by atoms with Crippen LogP contribution in [0.2, 0.25) is 0 Å². The van der Waals surface area contributed by atoms with Crippen LogP contribution >= 0.6 is 0 Å². The molecule has 0 radical (unpaired) electrons. The van der Waals surface area contributed by atoms with Crippen LogP contribution in [0.4, 0.5) is 5.82 Å². The highest BCUT2D eigenvalue weighted by Crippen LogP contribution is 2.24. The van der Waals surface area contributed by atoms with Crippen LogP contribution in [0.25, 0.3) is 10.9 Å². The second-order valence-electron chi connectivity index (χ2n) is 6.59. The Hall–Kier alpha value is -1.72. The Bertz CT molecular complexity index is 643. The fourth-order valence-corrected chi connectivity index (χ4v) is 3.70. The molecule has 0 aliphatic carbocycles. The van der Waals surface area contributed by atoms with E-state index < -0.39 is 0 Å². The zero-order chi connectivity index (χ0) is 15.5. The third-order valence-corrected chi connectivity index (χ3v) is 4.96. The minimum Gasteiger partial charge on any atom is -0.381 e. The molecule has 5 nitrogen and oxygen atoms in total. The van der Waals surface area contributed by atoms with Gasteiger partial charge in [0.2, 0.25) is 0 Å². The van der Waals surface area contributed by atoms with Crippen molar-refractivity contribution in [3.63, 3.8) is 0 Å². The van der Waals surface area contributed by atoms with Gasteiger partial charge in [-0.3, -0.25) is 4.90 Å². The highest BCUT2D eigenvalue weighted by atomic mass is 16.5. The molecule has 2 fully saturated rings. The predicted molar refractivity (Wildman–Crippen MR) is 91.7 cm³/mol. The molecule has 0 bridgehead atoms. The summed E-state index contributed by atoms with van der Waals surface area (Å²) in [4.78, 5) is 13.9. The molecule has 2 aliphatic rings. The van der Waals surface area contributed by atoms with E-state index in [9.17, 15) is 0 Å². The van der Waals surface area contributed by atoms with E-state index in [-0.39, 0.29) is 0 Å². The molecule has 4 rings (SSSR count). The minimum absolute atomic E-state index is 0.718. The Morgan fingerprint density at radius 3 is 2.78 bits per heavy atom. The summed E-state index contributed by atoms with van der Waals surface area (Å²) >= 11 is 0. The number of nitrogens with zero attached hydrogens (tertiary/aromatic N) is 4. The molecule has 1 unspecified atom stereocenters. The van der Waals surface area contributed by atoms with Crippen molar-refractivity contribution in [3.05, 3.63) is 30.6 Å². The molecule has 122 valence electrons. The Morgan fingerprint density at radius 2 is 1.96 bits per heavy atom. The SMILES string of the molecule is c1ccc2c(N3CCN(CC4CCCOC4)CC3)ncnc2c1. The standard InChI is InChI=1S/C18H24N4O/c1-2-6-17-16(5-1)18(20-14-19-17)22-9-7-21(8-10-22)12-15-4-3-11-23-13-15/h1-2,5-6,14-15H,3-4,7-13H2. The van der Waals surface area contributed by atoms with Gasteiger partial charge in [0.15, 0.2) is 0 Å². The molecule has 0 spiro atoms. The molecule has 0 saturated carbocycles. The summed E-state index contributed by atoms with van der Waals surface area (Å²) in [6, 6.07) is 8.27. The lowest BCUT2D eigenvalue weighted by atomic mass is 10.0. The van der Waals surface area contributed by atoms with E-state index in [2.05, 4.69) is 38.0 Å². The van der Waals surface area contributed by atoms with E-state index in [1.54, 1.807) is 6.33 Å². The van der Waals surface area contributed by atoms with Crippen LogP contribution in [0.15, 0.2) is 30.6 Å². The summed E-state index contributed by atoms with van der Waals surface area (Å²) in [7, 11) is 0. The van der Waals surface area contributed by atoms with Gasteiger partial charge in [-0.15, -0.1) is 0 Å². The highest BCUT2D eigenvalue weighted by molar-refractivity contribution is 5.89. The van der Waals surface area contributed by atoms with Crippen LogP contribution in [0.3, 0.4) is 0 Å². The molecule has 5 heteroatoms. The van der Waals surface area contributed by atoms with Gasteiger partial charge in [0.1, 0.15) is 12.1 Å². The molecule has 2 saturated heterocycles. The maximum absolute atomic E-state index is 5.61. The van der Waals surface area contributed by atoms with E-state index in [0.29, 0.717) is 0 Å². The summed E-state index contributed by atoms with van der Waals surface area (Å²) in [6.07, 6.45) is 4.22. The van der Waals surface area contributed by atoms with E-state index in [0.717, 1.165) is 62.0 Å². The topological polar surface area (TPSA) is 41.5 Å². The number of ether oxygens (including phenoxy) is 1. The molecule has 2 aromatic rings. The molecule has 1 aromatic carbocycles. The Kier molecular flexibility index (Phi) is 4.39. The Balaban J connectivity index is 1.40. The summed E-state index contributed by atoms with van der Waals surface area (Å²) in [5.74, 6) is 1.80. The van der Waals surface area contributed by atoms with Crippen molar-refractivity contribution in [1.29, 1.82) is 0 Å². The molecule has 2 aliphatic heterocycles. The van der Waals surface area contributed by atoms with Crippen LogP contribution in [0.5, 0.6) is 0 Å². The number of para-hydroxylation sites is 1. The third kappa shape index (κ3) is 3.31. The van der Waals surface area contributed by atoms with Crippen molar-refractivity contribution in [2.24, 2.45) is 5.92 Å². The third-order valence-electron chi connectivity index (χ3n) is 4.96. The molecule has 1 aromatic heterocycles. The van der Waals surface area contributed by atoms with Gasteiger partial charge in [-0.2, -0.15) is 0 Å². The van der Waals surface area contributed by atoms with Crippen molar-refractivity contribution in [2.75, 3.05) is 50.8 Å². The van der Waals surface area contributed by atoms with Crippen molar-refractivity contribution in [2.45, 2.75) is 12.8 Å². The highest BCUT2D eigenvalue weighted by Gasteiger charge is 2.23. The first kappa shape index (κ1) is 14.8. The summed E-state index contributed by atoms with van der Waals surface area (Å²) in [5.41, 5.74) is 1.03. The van der Waals surface area contributed by atoms with Gasteiger partial charge in [-0.1, -0.05) is 12.1 Å². The lowest BCUT2D eigenvalue weighted by molar-refractivity contribution is 0.0377. The number of piperazine rings is 1. The van der Waals surface area contributed by atoms with Crippen LogP contribution in [-0.4, -0.2) is 60.8 Å². The fourth-order valence-electron chi connectivity index (χ4n) is 3.70. The maximum atomic E-state index is 5.61. The number of hydrogen-bond acceptors (Lipinski definition) is 5. The van der Waals surface area contributed by atoms with Crippen LogP contribution in [-0.2, 0) is 4.74 Å². The van der Waals surface area contributed by atoms with Crippen molar-refractivity contribution < 1.29 is 4.74 Å². The van der Waals surface area contributed by atoms with Gasteiger partial charge in [0, 0.05) is 44.7 Å². The maximum Gasteiger partial charge on any atom is 0.139 e. The van der Waals surface area contributed by atoms with Gasteiger partial charge in [-0.25, -0.2) is 9.97 Å². The number of fused-ring (bicyclic) bond motifs is 1. The zero-order valence-corrected chi connectivity index (χ0v) is 13.5. The largest absolute Gasteiger partial charge is 0.381 e. The average Bonchev–Trinajstić information content (AvgIpc) is 2.63. The van der Waals surface area contributed by atoms with Crippen LogP contribution in [0.1, 0.15) is 12.8 Å². The van der Waals surface area contributed by atoms with Crippen molar-refractivity contribution in [1.82, 2.24) is 14.9 Å². The molecule has 0 N–H and O–H groups in total. The monoisotopic (exact) mass is 312 g/mol. The second kappa shape index (κ2) is 6.81. The number of rotatable bonds is 3. The quantitative estimate of drug-likeness (QED) is 0.869. The van der Waals surface area contributed by atoms with Gasteiger partial charge in [0.25, 0.3) is 0 Å². The molecular weight excluding hydrogens is 288 g/mol. The lowest BCUT2D eigenvalue weighted by Gasteiger charge is -2.37. The van der Waals surface area contributed by atoms with Gasteiger partial charge in [0.05, 0.1) is 12.1 Å². The molecule has 0 amide bonds. The lowest BCUT2D eigenvalue weighted by Crippen LogP contribution is -2.48. The molecular formula is C18H24N4O. The Labute approximate surface area is 137 Å². The van der Waals surface area contributed by atoms with E-state index in [1.165, 1.54) is 19.4 Å². The smallest absolute Gasteiger partial charge is 0.139 e. The number of anilines is 1. The minimum atomic E-state index is 0.718. The fraction of sp³-hybridized carbons (Fsp3) is 0.556. The normalized spacial score (nSPS) is 23.3. The van der Waals surface area contributed by atoms with Crippen LogP contribution in [0, 0.1) is 5.92 Å². The second-order valence-corrected chi connectivity index (χ2v) is 6.59. The van der Waals surface area contributed by atoms with Crippen LogP contribution < -0.4 is 4.90 Å². The summed E-state index contributed by atoms with van der Waals surface area (Å²) in [6.45, 7) is 7.35. The first-order valence-electron chi connectivity index (χ1n) is 8.65. The zero-order valence-electron chi connectivity index (χ0n) is 13.5. The first-order valence-corrected chi connectivity index (χ1v) is 8.65.